The van der Waals surface area contributed by atoms with Gasteiger partial charge in [0.2, 0.25) is 5.91 Å². The van der Waals surface area contributed by atoms with Gasteiger partial charge in [-0.05, 0) is 30.7 Å². The van der Waals surface area contributed by atoms with E-state index in [1.807, 2.05) is 0 Å². The summed E-state index contributed by atoms with van der Waals surface area (Å²) in [4.78, 5) is 22.9. The fraction of sp³-hybridized carbons (Fsp3) is 0.286. The number of amides is 2. The average Bonchev–Trinajstić information content (AvgIpc) is 2.50. The van der Waals surface area contributed by atoms with Crippen LogP contribution in [0, 0.1) is 0 Å². The lowest BCUT2D eigenvalue weighted by molar-refractivity contribution is -0.136. The van der Waals surface area contributed by atoms with Crippen LogP contribution in [0.4, 0.5) is 0 Å². The molecule has 0 aliphatic carbocycles. The summed E-state index contributed by atoms with van der Waals surface area (Å²) in [7, 11) is 1.56. The second-order valence-corrected chi connectivity index (χ2v) is 4.31. The molecule has 0 bridgehead atoms. The van der Waals surface area contributed by atoms with Gasteiger partial charge in [0.25, 0.3) is 5.91 Å². The lowest BCUT2D eigenvalue weighted by Gasteiger charge is -2.18. The number of nitrogens with one attached hydrogen (secondary N) is 2. The summed E-state index contributed by atoms with van der Waals surface area (Å²) in [5, 5.41) is 20.2. The number of ether oxygens (including phenoxy) is 1. The Morgan fingerprint density at radius 1 is 1.29 bits per heavy atom. The van der Waals surface area contributed by atoms with Crippen molar-refractivity contribution in [2.24, 2.45) is 0 Å². The third-order valence-electron chi connectivity index (χ3n) is 2.72. The molecule has 0 aliphatic rings. The molecular weight excluding hydrogens is 276 g/mol. The first kappa shape index (κ1) is 16.7. The Hall–Kier alpha value is -2.38. The van der Waals surface area contributed by atoms with E-state index < -0.39 is 24.0 Å². The highest BCUT2D eigenvalue weighted by Gasteiger charge is 2.24. The maximum absolute atomic E-state index is 11.7. The monoisotopic (exact) mass is 294 g/mol. The Balaban J connectivity index is 2.66. The number of hydroxylamine groups is 1. The van der Waals surface area contributed by atoms with Gasteiger partial charge in [0, 0.05) is 6.08 Å². The molecule has 1 aromatic rings. The fourth-order valence-electron chi connectivity index (χ4n) is 1.56. The standard InChI is InChI=1S/C14H18N2O5/c1-9(17)13(14(19)16-20)15-12(18)8-5-10-3-6-11(21-2)7-4-10/h3-9,13,17,20H,1-2H3,(H,15,18)(H,16,19)/t9-,13+/m1/s1. The van der Waals surface area contributed by atoms with Gasteiger partial charge >= 0.3 is 0 Å². The lowest BCUT2D eigenvalue weighted by Crippen LogP contribution is -2.51. The van der Waals surface area contributed by atoms with Crippen LogP contribution in [0.5, 0.6) is 5.75 Å². The molecule has 4 N–H and O–H groups in total. The lowest BCUT2D eigenvalue weighted by atomic mass is 10.1. The number of carbonyl (C=O) groups excluding carboxylic acids is 2. The molecule has 2 atom stereocenters. The minimum atomic E-state index is -1.23. The van der Waals surface area contributed by atoms with Gasteiger partial charge < -0.3 is 15.2 Å². The maximum atomic E-state index is 11.7. The van der Waals surface area contributed by atoms with Crippen molar-refractivity contribution in [1.29, 1.82) is 0 Å². The number of hydrogen-bond donors (Lipinski definition) is 4. The van der Waals surface area contributed by atoms with Crippen LogP contribution in [0.1, 0.15) is 12.5 Å². The first-order valence-corrected chi connectivity index (χ1v) is 6.22. The molecule has 7 nitrogen and oxygen atoms in total. The Bertz CT molecular complexity index is 511. The molecule has 0 spiro atoms. The summed E-state index contributed by atoms with van der Waals surface area (Å²) in [5.41, 5.74) is 2.16. The minimum Gasteiger partial charge on any atom is -0.497 e. The summed E-state index contributed by atoms with van der Waals surface area (Å²) in [5.74, 6) is -0.762. The summed E-state index contributed by atoms with van der Waals surface area (Å²) in [6.45, 7) is 1.33. The number of aliphatic hydroxyl groups excluding tert-OH is 1. The van der Waals surface area contributed by atoms with Crippen molar-refractivity contribution in [1.82, 2.24) is 10.8 Å². The molecule has 0 aliphatic heterocycles. The second kappa shape index (κ2) is 8.03. The van der Waals surface area contributed by atoms with E-state index in [0.717, 1.165) is 5.56 Å². The molecule has 21 heavy (non-hydrogen) atoms. The normalized spacial score (nSPS) is 13.5. The molecule has 0 fully saturated rings. The van der Waals surface area contributed by atoms with Gasteiger partial charge in [-0.1, -0.05) is 12.1 Å². The molecule has 0 saturated heterocycles. The summed E-state index contributed by atoms with van der Waals surface area (Å²) in [6.07, 6.45) is 1.63. The summed E-state index contributed by atoms with van der Waals surface area (Å²) in [6, 6.07) is 5.78. The van der Waals surface area contributed by atoms with Gasteiger partial charge in [-0.2, -0.15) is 0 Å². The van der Waals surface area contributed by atoms with Gasteiger partial charge in [0.1, 0.15) is 11.8 Å². The number of methoxy groups -OCH3 is 1. The van der Waals surface area contributed by atoms with Crippen LogP contribution in [-0.4, -0.2) is 41.4 Å². The molecule has 0 radical (unpaired) electrons. The van der Waals surface area contributed by atoms with Crippen molar-refractivity contribution in [2.75, 3.05) is 7.11 Å². The predicted molar refractivity (Wildman–Crippen MR) is 75.6 cm³/mol. The molecule has 7 heteroatoms. The number of rotatable bonds is 6. The molecule has 114 valence electrons. The highest BCUT2D eigenvalue weighted by molar-refractivity contribution is 5.95. The minimum absolute atomic E-state index is 0.569. The van der Waals surface area contributed by atoms with Gasteiger partial charge in [-0.3, -0.25) is 14.8 Å². The molecule has 0 aromatic heterocycles. The van der Waals surface area contributed by atoms with Crippen molar-refractivity contribution in [3.05, 3.63) is 35.9 Å². The highest BCUT2D eigenvalue weighted by atomic mass is 16.5. The van der Waals surface area contributed by atoms with Crippen LogP contribution in [0.25, 0.3) is 6.08 Å². The third kappa shape index (κ3) is 5.25. The molecule has 2 amide bonds. The number of hydrogen-bond acceptors (Lipinski definition) is 5. The van der Waals surface area contributed by atoms with E-state index in [2.05, 4.69) is 5.32 Å². The highest BCUT2D eigenvalue weighted by Crippen LogP contribution is 2.12. The Kier molecular flexibility index (Phi) is 6.38. The zero-order valence-electron chi connectivity index (χ0n) is 11.7. The van der Waals surface area contributed by atoms with E-state index in [1.165, 1.54) is 18.5 Å². The quantitative estimate of drug-likeness (QED) is 0.337. The first-order chi connectivity index (χ1) is 9.97. The smallest absolute Gasteiger partial charge is 0.268 e. The maximum Gasteiger partial charge on any atom is 0.268 e. The molecule has 1 rings (SSSR count). The van der Waals surface area contributed by atoms with Crippen molar-refractivity contribution in [2.45, 2.75) is 19.1 Å². The van der Waals surface area contributed by atoms with Crippen LogP contribution < -0.4 is 15.5 Å². The van der Waals surface area contributed by atoms with Gasteiger partial charge in [-0.25, -0.2) is 5.48 Å². The van der Waals surface area contributed by atoms with E-state index in [4.69, 9.17) is 9.94 Å². The molecule has 0 heterocycles. The first-order valence-electron chi connectivity index (χ1n) is 6.22. The topological polar surface area (TPSA) is 108 Å². The number of benzene rings is 1. The van der Waals surface area contributed by atoms with Gasteiger partial charge in [0.15, 0.2) is 0 Å². The third-order valence-corrected chi connectivity index (χ3v) is 2.72. The van der Waals surface area contributed by atoms with E-state index in [9.17, 15) is 14.7 Å². The van der Waals surface area contributed by atoms with E-state index in [1.54, 1.807) is 37.5 Å². The van der Waals surface area contributed by atoms with Crippen molar-refractivity contribution < 1.29 is 24.6 Å². The van der Waals surface area contributed by atoms with E-state index in [0.29, 0.717) is 5.75 Å². The predicted octanol–water partition coefficient (Wildman–Crippen LogP) is 0.0794. The Morgan fingerprint density at radius 2 is 1.90 bits per heavy atom. The molecule has 0 unspecified atom stereocenters. The Morgan fingerprint density at radius 3 is 2.38 bits per heavy atom. The molecular formula is C14H18N2O5. The van der Waals surface area contributed by atoms with Crippen LogP contribution in [0.2, 0.25) is 0 Å². The van der Waals surface area contributed by atoms with Crippen molar-refractivity contribution in [3.8, 4) is 5.75 Å². The van der Waals surface area contributed by atoms with E-state index in [-0.39, 0.29) is 0 Å². The SMILES string of the molecule is COc1ccc(C=CC(=O)N[C@H](C(=O)NO)[C@@H](C)O)cc1. The van der Waals surface area contributed by atoms with Crippen LogP contribution in [0.15, 0.2) is 30.3 Å². The summed E-state index contributed by atoms with van der Waals surface area (Å²) < 4.78 is 5.01. The van der Waals surface area contributed by atoms with Crippen LogP contribution in [0.3, 0.4) is 0 Å². The van der Waals surface area contributed by atoms with Gasteiger partial charge in [-0.15, -0.1) is 0 Å². The fourth-order valence-corrected chi connectivity index (χ4v) is 1.56. The molecule has 0 saturated carbocycles. The second-order valence-electron chi connectivity index (χ2n) is 4.31. The average molecular weight is 294 g/mol. The number of aliphatic hydroxyl groups is 1. The Labute approximate surface area is 122 Å². The largest absolute Gasteiger partial charge is 0.497 e. The van der Waals surface area contributed by atoms with Gasteiger partial charge in [0.05, 0.1) is 13.2 Å². The zero-order chi connectivity index (χ0) is 15.8. The zero-order valence-corrected chi connectivity index (χ0v) is 11.7. The van der Waals surface area contributed by atoms with E-state index >= 15 is 0 Å². The van der Waals surface area contributed by atoms with Crippen molar-refractivity contribution in [3.63, 3.8) is 0 Å². The van der Waals surface area contributed by atoms with Crippen LogP contribution in [-0.2, 0) is 9.59 Å². The van der Waals surface area contributed by atoms with Crippen LogP contribution >= 0.6 is 0 Å². The molecule has 1 aromatic carbocycles. The number of carbonyl (C=O) groups is 2. The summed E-state index contributed by atoms with van der Waals surface area (Å²) >= 11 is 0. The van der Waals surface area contributed by atoms with Crippen molar-refractivity contribution >= 4 is 17.9 Å².